The first kappa shape index (κ1) is 22.3. The van der Waals surface area contributed by atoms with E-state index in [-0.39, 0.29) is 11.7 Å². The van der Waals surface area contributed by atoms with Crippen LogP contribution in [0.15, 0.2) is 55.4 Å². The van der Waals surface area contributed by atoms with Gasteiger partial charge in [-0.15, -0.1) is 6.58 Å². The molecule has 0 radical (unpaired) electrons. The molecular formula is C22H29N5O2. The minimum atomic E-state index is -0.243. The molecule has 29 heavy (non-hydrogen) atoms. The van der Waals surface area contributed by atoms with Gasteiger partial charge in [0.15, 0.2) is 0 Å². The van der Waals surface area contributed by atoms with E-state index in [1.807, 2.05) is 36.7 Å². The second kappa shape index (κ2) is 11.7. The number of primary amides is 1. The molecule has 3 rings (SSSR count). The van der Waals surface area contributed by atoms with Crippen molar-refractivity contribution in [1.29, 1.82) is 5.41 Å². The highest BCUT2D eigenvalue weighted by molar-refractivity contribution is 5.81. The molecule has 0 bridgehead atoms. The first-order valence-corrected chi connectivity index (χ1v) is 9.57. The van der Waals surface area contributed by atoms with E-state index in [4.69, 9.17) is 11.1 Å². The number of pyridine rings is 1. The average molecular weight is 396 g/mol. The molecule has 4 N–H and O–H groups in total. The Hall–Kier alpha value is -3.03. The van der Waals surface area contributed by atoms with E-state index in [1.165, 1.54) is 5.56 Å². The quantitative estimate of drug-likeness (QED) is 0.490. The number of nitrogens with two attached hydrogens (primary N) is 1. The number of allylic oxidation sites excluding steroid dienone is 1. The van der Waals surface area contributed by atoms with Gasteiger partial charge >= 0.3 is 0 Å². The van der Waals surface area contributed by atoms with Crippen LogP contribution < -0.4 is 5.73 Å². The normalized spacial score (nSPS) is 14.5. The summed E-state index contributed by atoms with van der Waals surface area (Å²) in [6.07, 6.45) is 7.13. The number of aromatic nitrogens is 1. The Morgan fingerprint density at radius 2 is 1.83 bits per heavy atom. The molecule has 0 atom stereocenters. The third-order valence-corrected chi connectivity index (χ3v) is 4.67. The number of carbonyl (C=O) groups excluding carboxylic acids is 1. The molecule has 1 saturated heterocycles. The Kier molecular flexibility index (Phi) is 9.01. The van der Waals surface area contributed by atoms with Crippen LogP contribution in [0, 0.1) is 5.41 Å². The summed E-state index contributed by atoms with van der Waals surface area (Å²) in [5.41, 5.74) is 7.82. The highest BCUT2D eigenvalue weighted by Gasteiger charge is 2.17. The van der Waals surface area contributed by atoms with Crippen LogP contribution in [-0.2, 0) is 17.8 Å². The van der Waals surface area contributed by atoms with Gasteiger partial charge in [-0.05, 0) is 35.7 Å². The van der Waals surface area contributed by atoms with E-state index in [0.29, 0.717) is 18.5 Å². The van der Waals surface area contributed by atoms with Gasteiger partial charge in [-0.3, -0.25) is 19.6 Å². The summed E-state index contributed by atoms with van der Waals surface area (Å²) in [4.78, 5) is 19.3. The Balaban J connectivity index is 0.000000221. The molecule has 0 aliphatic carbocycles. The van der Waals surface area contributed by atoms with Gasteiger partial charge in [0.25, 0.3) is 0 Å². The zero-order chi connectivity index (χ0) is 21.1. The van der Waals surface area contributed by atoms with Crippen molar-refractivity contribution in [1.82, 2.24) is 14.8 Å². The van der Waals surface area contributed by atoms with Gasteiger partial charge in [-0.25, -0.2) is 0 Å². The van der Waals surface area contributed by atoms with Gasteiger partial charge in [0, 0.05) is 56.9 Å². The van der Waals surface area contributed by atoms with Gasteiger partial charge in [-0.1, -0.05) is 18.2 Å². The third kappa shape index (κ3) is 7.48. The minimum Gasteiger partial charge on any atom is -0.507 e. The van der Waals surface area contributed by atoms with Crippen molar-refractivity contribution in [3.05, 3.63) is 72.1 Å². The second-order valence-corrected chi connectivity index (χ2v) is 6.87. The summed E-state index contributed by atoms with van der Waals surface area (Å²) in [5.74, 6) is -0.0556. The minimum absolute atomic E-state index is 0.187. The first-order valence-electron chi connectivity index (χ1n) is 9.57. The number of phenolic OH excluding ortho intramolecular Hbond substituents is 1. The first-order chi connectivity index (χ1) is 14.0. The topological polar surface area (TPSA) is 107 Å². The number of rotatable bonds is 7. The zero-order valence-electron chi connectivity index (χ0n) is 16.6. The Morgan fingerprint density at radius 3 is 2.41 bits per heavy atom. The van der Waals surface area contributed by atoms with E-state index in [0.717, 1.165) is 44.5 Å². The Labute approximate surface area is 172 Å². The molecule has 1 aliphatic heterocycles. The molecule has 7 nitrogen and oxygen atoms in total. The van der Waals surface area contributed by atoms with E-state index in [2.05, 4.69) is 21.4 Å². The number of aromatic hydroxyl groups is 1. The maximum atomic E-state index is 10.8. The molecule has 2 aromatic rings. The lowest BCUT2D eigenvalue weighted by molar-refractivity contribution is -0.119. The zero-order valence-corrected chi connectivity index (χ0v) is 16.6. The van der Waals surface area contributed by atoms with Crippen molar-refractivity contribution in [3.63, 3.8) is 0 Å². The van der Waals surface area contributed by atoms with Crippen molar-refractivity contribution in [2.24, 2.45) is 5.73 Å². The maximum Gasteiger partial charge on any atom is 0.231 e. The van der Waals surface area contributed by atoms with Crippen LogP contribution in [0.4, 0.5) is 0 Å². The largest absolute Gasteiger partial charge is 0.507 e. The van der Waals surface area contributed by atoms with Gasteiger partial charge in [-0.2, -0.15) is 0 Å². The number of phenols is 1. The van der Waals surface area contributed by atoms with Crippen molar-refractivity contribution >= 4 is 12.1 Å². The Morgan fingerprint density at radius 1 is 1.17 bits per heavy atom. The molecule has 0 spiro atoms. The molecule has 1 aliphatic rings. The molecule has 1 fully saturated rings. The summed E-state index contributed by atoms with van der Waals surface area (Å²) in [6, 6.07) is 9.42. The third-order valence-electron chi connectivity index (χ3n) is 4.67. The highest BCUT2D eigenvalue weighted by atomic mass is 16.3. The predicted octanol–water partition coefficient (Wildman–Crippen LogP) is 1.80. The number of nitrogens with one attached hydrogen (secondary N) is 1. The van der Waals surface area contributed by atoms with E-state index < -0.39 is 0 Å². The van der Waals surface area contributed by atoms with Crippen LogP contribution in [0.5, 0.6) is 5.75 Å². The van der Waals surface area contributed by atoms with Crippen LogP contribution in [0.3, 0.4) is 0 Å². The van der Waals surface area contributed by atoms with Crippen LogP contribution in [0.25, 0.3) is 0 Å². The van der Waals surface area contributed by atoms with E-state index in [1.54, 1.807) is 12.1 Å². The lowest BCUT2D eigenvalue weighted by Gasteiger charge is -2.33. The molecule has 1 aromatic heterocycles. The van der Waals surface area contributed by atoms with Gasteiger partial charge in [0.2, 0.25) is 5.91 Å². The summed E-state index contributed by atoms with van der Waals surface area (Å²) < 4.78 is 0. The van der Waals surface area contributed by atoms with Crippen molar-refractivity contribution in [2.45, 2.75) is 13.0 Å². The number of para-hydroxylation sites is 1. The van der Waals surface area contributed by atoms with Crippen molar-refractivity contribution in [3.8, 4) is 5.75 Å². The van der Waals surface area contributed by atoms with Crippen molar-refractivity contribution in [2.75, 3.05) is 32.7 Å². The van der Waals surface area contributed by atoms with Gasteiger partial charge < -0.3 is 16.2 Å². The van der Waals surface area contributed by atoms with E-state index >= 15 is 0 Å². The van der Waals surface area contributed by atoms with Crippen LogP contribution in [0.1, 0.15) is 16.7 Å². The number of nitrogens with zero attached hydrogens (tertiary/aromatic N) is 3. The molecule has 2 heterocycles. The fraction of sp³-hybridized carbons (Fsp3) is 0.318. The lowest BCUT2D eigenvalue weighted by atomic mass is 10.1. The average Bonchev–Trinajstić information content (AvgIpc) is 2.72. The second-order valence-electron chi connectivity index (χ2n) is 6.87. The molecule has 7 heteroatoms. The van der Waals surface area contributed by atoms with Gasteiger partial charge in [0.05, 0.1) is 6.54 Å². The Bertz CT molecular complexity index is 802. The molecule has 1 amide bonds. The van der Waals surface area contributed by atoms with E-state index in [9.17, 15) is 9.90 Å². The molecule has 154 valence electrons. The standard InChI is InChI=1S/C12H18N4O.C10H11NO/c13-12(17)10-16-7-5-15(6-8-16)9-11-1-3-14-4-2-11;1-2-4-8-5-3-6-9(7-11)10(8)12/h1-4H,5-10H2,(H2,13,17);2-3,5-7,11-12H,1,4H2. The summed E-state index contributed by atoms with van der Waals surface area (Å²) in [6.45, 7) is 8.70. The molecular weight excluding hydrogens is 366 g/mol. The number of benzene rings is 1. The summed E-state index contributed by atoms with van der Waals surface area (Å²) in [7, 11) is 0. The SMILES string of the molecule is C=CCc1cccc(C=N)c1O.NC(=O)CN1CCN(Cc2ccncc2)CC1. The number of carbonyl (C=O) groups is 1. The van der Waals surface area contributed by atoms with Crippen LogP contribution in [-0.4, -0.2) is 64.7 Å². The fourth-order valence-corrected chi connectivity index (χ4v) is 3.12. The van der Waals surface area contributed by atoms with Crippen LogP contribution >= 0.6 is 0 Å². The smallest absolute Gasteiger partial charge is 0.231 e. The number of piperazine rings is 1. The fourth-order valence-electron chi connectivity index (χ4n) is 3.12. The number of amides is 1. The van der Waals surface area contributed by atoms with Crippen LogP contribution in [0.2, 0.25) is 0 Å². The van der Waals surface area contributed by atoms with Gasteiger partial charge in [0.1, 0.15) is 5.75 Å². The molecule has 0 saturated carbocycles. The highest BCUT2D eigenvalue weighted by Crippen LogP contribution is 2.21. The molecule has 1 aromatic carbocycles. The lowest BCUT2D eigenvalue weighted by Crippen LogP contribution is -2.48. The molecule has 0 unspecified atom stereocenters. The summed E-state index contributed by atoms with van der Waals surface area (Å²) >= 11 is 0. The summed E-state index contributed by atoms with van der Waals surface area (Å²) in [5, 5.41) is 16.5. The monoisotopic (exact) mass is 395 g/mol. The predicted molar refractivity (Wildman–Crippen MR) is 115 cm³/mol. The maximum absolute atomic E-state index is 10.8. The number of hydrogen-bond donors (Lipinski definition) is 3. The number of hydrogen-bond acceptors (Lipinski definition) is 6. The van der Waals surface area contributed by atoms with Crippen molar-refractivity contribution < 1.29 is 9.90 Å².